The van der Waals surface area contributed by atoms with Gasteiger partial charge in [0.25, 0.3) is 5.69 Å². The first kappa shape index (κ1) is 17.3. The Balaban J connectivity index is 2.52. The Hall–Kier alpha value is -2.04. The summed E-state index contributed by atoms with van der Waals surface area (Å²) < 4.78 is 6.66. The number of aliphatic hydroxyl groups is 1. The van der Waals surface area contributed by atoms with Crippen LogP contribution < -0.4 is 4.74 Å². The first-order valence-electron chi connectivity index (χ1n) is 6.03. The molecular formula is C13H8Br2N2O6. The number of benzene rings is 2. The van der Waals surface area contributed by atoms with Crippen LogP contribution in [0.3, 0.4) is 0 Å². The lowest BCUT2D eigenvalue weighted by atomic mass is 10.2. The van der Waals surface area contributed by atoms with Crippen molar-refractivity contribution >= 4 is 43.2 Å². The number of non-ortho nitro benzene ring substituents is 1. The molecule has 0 amide bonds. The Bertz CT molecular complexity index is 796. The largest absolute Gasteiger partial charge is 0.449 e. The molecular weight excluding hydrogens is 440 g/mol. The lowest BCUT2D eigenvalue weighted by molar-refractivity contribution is -0.394. The second-order valence-electron chi connectivity index (χ2n) is 4.30. The van der Waals surface area contributed by atoms with Crippen molar-refractivity contribution in [3.05, 3.63) is 65.1 Å². The monoisotopic (exact) mass is 446 g/mol. The van der Waals surface area contributed by atoms with E-state index in [1.54, 1.807) is 12.1 Å². The number of hydrogen-bond donors (Lipinski definition) is 1. The molecule has 0 spiro atoms. The average Bonchev–Trinajstić information content (AvgIpc) is 2.49. The van der Waals surface area contributed by atoms with Gasteiger partial charge in [-0.1, -0.05) is 15.9 Å². The molecule has 23 heavy (non-hydrogen) atoms. The van der Waals surface area contributed by atoms with E-state index in [-0.39, 0.29) is 18.1 Å². The van der Waals surface area contributed by atoms with Crippen LogP contribution in [0.4, 0.5) is 11.4 Å². The highest BCUT2D eigenvalue weighted by Crippen LogP contribution is 2.40. The maximum Gasteiger partial charge on any atom is 0.318 e. The van der Waals surface area contributed by atoms with E-state index in [1.165, 1.54) is 0 Å². The number of rotatable bonds is 5. The number of aliphatic hydroxyl groups excluding tert-OH is 1. The normalized spacial score (nSPS) is 10.4. The predicted molar refractivity (Wildman–Crippen MR) is 87.6 cm³/mol. The number of halogens is 2. The summed E-state index contributed by atoms with van der Waals surface area (Å²) in [4.78, 5) is 20.3. The average molecular weight is 448 g/mol. The highest BCUT2D eigenvalue weighted by molar-refractivity contribution is 9.11. The SMILES string of the molecule is O=[N+]([O-])c1ccc(Oc2c(Br)cc(Br)cc2CO)c([N+](=O)[O-])c1. The number of nitro groups is 2. The second kappa shape index (κ2) is 7.02. The number of nitrogens with zero attached hydrogens (tertiary/aromatic N) is 2. The number of hydrogen-bond acceptors (Lipinski definition) is 6. The van der Waals surface area contributed by atoms with Gasteiger partial charge in [-0.3, -0.25) is 20.2 Å². The molecule has 0 saturated carbocycles. The zero-order valence-electron chi connectivity index (χ0n) is 11.2. The molecule has 0 fully saturated rings. The van der Waals surface area contributed by atoms with E-state index in [9.17, 15) is 25.3 Å². The Labute approximate surface area is 146 Å². The van der Waals surface area contributed by atoms with Crippen molar-refractivity contribution in [3.8, 4) is 11.5 Å². The van der Waals surface area contributed by atoms with E-state index < -0.39 is 21.2 Å². The van der Waals surface area contributed by atoms with Gasteiger partial charge in [0.05, 0.1) is 27.0 Å². The van der Waals surface area contributed by atoms with E-state index in [0.29, 0.717) is 14.5 Å². The quantitative estimate of drug-likeness (QED) is 0.539. The van der Waals surface area contributed by atoms with Crippen molar-refractivity contribution in [2.45, 2.75) is 6.61 Å². The van der Waals surface area contributed by atoms with Crippen LogP contribution in [-0.4, -0.2) is 15.0 Å². The highest BCUT2D eigenvalue weighted by Gasteiger charge is 2.22. The van der Waals surface area contributed by atoms with Gasteiger partial charge >= 0.3 is 5.69 Å². The number of ether oxygens (including phenoxy) is 1. The Morgan fingerprint density at radius 1 is 1.09 bits per heavy atom. The van der Waals surface area contributed by atoms with E-state index in [2.05, 4.69) is 31.9 Å². The maximum atomic E-state index is 11.1. The molecule has 0 saturated heterocycles. The molecule has 0 radical (unpaired) electrons. The first-order chi connectivity index (χ1) is 10.8. The Morgan fingerprint density at radius 3 is 2.35 bits per heavy atom. The zero-order valence-corrected chi connectivity index (χ0v) is 14.4. The summed E-state index contributed by atoms with van der Waals surface area (Å²) in [6, 6.07) is 6.31. The molecule has 8 nitrogen and oxygen atoms in total. The summed E-state index contributed by atoms with van der Waals surface area (Å²) in [6.07, 6.45) is 0. The molecule has 0 aromatic heterocycles. The standard InChI is InChI=1S/C13H8Br2N2O6/c14-8-3-7(6-18)13(10(15)4-8)23-12-2-1-9(16(19)20)5-11(12)17(21)22/h1-5,18H,6H2. The third kappa shape index (κ3) is 3.84. The van der Waals surface area contributed by atoms with Gasteiger partial charge in [-0.15, -0.1) is 0 Å². The van der Waals surface area contributed by atoms with Crippen molar-refractivity contribution in [3.63, 3.8) is 0 Å². The van der Waals surface area contributed by atoms with E-state index >= 15 is 0 Å². The maximum absolute atomic E-state index is 11.1. The summed E-state index contributed by atoms with van der Waals surface area (Å²) in [5.74, 6) is 0.0194. The summed E-state index contributed by atoms with van der Waals surface area (Å²) >= 11 is 6.51. The minimum absolute atomic E-state index is 0.168. The van der Waals surface area contributed by atoms with Gasteiger partial charge < -0.3 is 9.84 Å². The zero-order chi connectivity index (χ0) is 17.1. The topological polar surface area (TPSA) is 116 Å². The van der Waals surface area contributed by atoms with Gasteiger partial charge in [-0.2, -0.15) is 0 Å². The van der Waals surface area contributed by atoms with E-state index in [0.717, 1.165) is 18.2 Å². The van der Waals surface area contributed by atoms with Gasteiger partial charge in [0, 0.05) is 16.1 Å². The van der Waals surface area contributed by atoms with Crippen LogP contribution in [0.1, 0.15) is 5.56 Å². The van der Waals surface area contributed by atoms with Gasteiger partial charge in [0.2, 0.25) is 5.75 Å². The van der Waals surface area contributed by atoms with Crippen molar-refractivity contribution < 1.29 is 19.7 Å². The molecule has 2 aromatic carbocycles. The van der Waals surface area contributed by atoms with Gasteiger partial charge in [-0.05, 0) is 34.1 Å². The summed E-state index contributed by atoms with van der Waals surface area (Å²) in [7, 11) is 0. The molecule has 2 aromatic rings. The molecule has 0 aliphatic heterocycles. The van der Waals surface area contributed by atoms with Crippen LogP contribution >= 0.6 is 31.9 Å². The van der Waals surface area contributed by atoms with Crippen LogP contribution in [0.25, 0.3) is 0 Å². The molecule has 2 rings (SSSR count). The summed E-state index contributed by atoms with van der Waals surface area (Å²) in [6.45, 7) is -0.353. The van der Waals surface area contributed by atoms with Crippen LogP contribution in [0, 0.1) is 20.2 Å². The third-order valence-corrected chi connectivity index (χ3v) is 3.86. The van der Waals surface area contributed by atoms with Crippen molar-refractivity contribution in [1.29, 1.82) is 0 Å². The second-order valence-corrected chi connectivity index (χ2v) is 6.07. The Kier molecular flexibility index (Phi) is 5.29. The predicted octanol–water partition coefficient (Wildman–Crippen LogP) is 4.31. The molecule has 120 valence electrons. The van der Waals surface area contributed by atoms with Crippen LogP contribution in [0.5, 0.6) is 11.5 Å². The van der Waals surface area contributed by atoms with Crippen molar-refractivity contribution in [2.24, 2.45) is 0 Å². The summed E-state index contributed by atoms with van der Waals surface area (Å²) in [5.41, 5.74) is -0.571. The van der Waals surface area contributed by atoms with Crippen LogP contribution in [0.2, 0.25) is 0 Å². The fraction of sp³-hybridized carbons (Fsp3) is 0.0769. The fourth-order valence-electron chi connectivity index (χ4n) is 1.80. The van der Waals surface area contributed by atoms with Gasteiger partial charge in [-0.25, -0.2) is 0 Å². The molecule has 1 N–H and O–H groups in total. The smallest absolute Gasteiger partial charge is 0.318 e. The molecule has 0 bridgehead atoms. The molecule has 0 aliphatic rings. The van der Waals surface area contributed by atoms with E-state index in [4.69, 9.17) is 4.74 Å². The lowest BCUT2D eigenvalue weighted by Crippen LogP contribution is -1.98. The molecule has 0 unspecified atom stereocenters. The van der Waals surface area contributed by atoms with Crippen molar-refractivity contribution in [1.82, 2.24) is 0 Å². The van der Waals surface area contributed by atoms with Crippen LogP contribution in [0.15, 0.2) is 39.3 Å². The lowest BCUT2D eigenvalue weighted by Gasteiger charge is -2.12. The minimum Gasteiger partial charge on any atom is -0.449 e. The highest BCUT2D eigenvalue weighted by atomic mass is 79.9. The van der Waals surface area contributed by atoms with Crippen molar-refractivity contribution in [2.75, 3.05) is 0 Å². The minimum atomic E-state index is -0.770. The molecule has 10 heteroatoms. The first-order valence-corrected chi connectivity index (χ1v) is 7.61. The molecule has 0 heterocycles. The number of nitro benzene ring substituents is 2. The fourth-order valence-corrected chi connectivity index (χ4v) is 3.20. The molecule has 0 atom stereocenters. The summed E-state index contributed by atoms with van der Waals surface area (Å²) in [5, 5.41) is 31.2. The third-order valence-electron chi connectivity index (χ3n) is 2.82. The Morgan fingerprint density at radius 2 is 1.78 bits per heavy atom. The van der Waals surface area contributed by atoms with Crippen LogP contribution in [-0.2, 0) is 6.61 Å². The van der Waals surface area contributed by atoms with Gasteiger partial charge in [0.1, 0.15) is 5.75 Å². The molecule has 0 aliphatic carbocycles. The van der Waals surface area contributed by atoms with Gasteiger partial charge in [0.15, 0.2) is 0 Å². The van der Waals surface area contributed by atoms with E-state index in [1.807, 2.05) is 0 Å².